The number of carbonyl (C=O) groups is 1. The van der Waals surface area contributed by atoms with E-state index >= 15 is 0 Å². The molecule has 1 heterocycles. The molecule has 150 valence electrons. The van der Waals surface area contributed by atoms with Crippen LogP contribution in [0.25, 0.3) is 11.3 Å². The summed E-state index contributed by atoms with van der Waals surface area (Å²) in [6, 6.07) is 14.5. The quantitative estimate of drug-likeness (QED) is 0.560. The zero-order valence-corrected chi connectivity index (χ0v) is 17.7. The van der Waals surface area contributed by atoms with Crippen LogP contribution in [-0.4, -0.2) is 17.5 Å². The highest BCUT2D eigenvalue weighted by atomic mass is 32.1. The Morgan fingerprint density at radius 2 is 1.86 bits per heavy atom. The molecule has 3 aromatic rings. The summed E-state index contributed by atoms with van der Waals surface area (Å²) in [5.41, 5.74) is 6.17. The Bertz CT molecular complexity index is 992. The number of hydrogen-bond acceptors (Lipinski definition) is 4. The van der Waals surface area contributed by atoms with E-state index in [0.29, 0.717) is 16.8 Å². The summed E-state index contributed by atoms with van der Waals surface area (Å²) >= 11 is 1.44. The number of anilines is 1. The Kier molecular flexibility index (Phi) is 5.95. The third kappa shape index (κ3) is 4.85. The minimum atomic E-state index is -0.204. The summed E-state index contributed by atoms with van der Waals surface area (Å²) < 4.78 is 5.59. The van der Waals surface area contributed by atoms with Gasteiger partial charge >= 0.3 is 0 Å². The number of thiazole rings is 1. The zero-order valence-electron chi connectivity index (χ0n) is 16.9. The summed E-state index contributed by atoms with van der Waals surface area (Å²) in [5.74, 6) is 0.962. The summed E-state index contributed by atoms with van der Waals surface area (Å²) in [7, 11) is 0. The molecule has 0 radical (unpaired) electrons. The van der Waals surface area contributed by atoms with Crippen molar-refractivity contribution in [2.45, 2.75) is 45.4 Å². The number of fused-ring (bicyclic) bond motifs is 1. The second kappa shape index (κ2) is 8.78. The predicted octanol–water partition coefficient (Wildman–Crippen LogP) is 5.83. The van der Waals surface area contributed by atoms with Gasteiger partial charge in [-0.25, -0.2) is 4.98 Å². The van der Waals surface area contributed by atoms with Crippen molar-refractivity contribution in [3.8, 4) is 17.0 Å². The second-order valence-electron chi connectivity index (χ2n) is 7.79. The first-order valence-corrected chi connectivity index (χ1v) is 11.1. The lowest BCUT2D eigenvalue weighted by Crippen LogP contribution is -2.20. The molecule has 2 aromatic carbocycles. The van der Waals surface area contributed by atoms with Crippen LogP contribution in [0, 0.1) is 0 Å². The van der Waals surface area contributed by atoms with E-state index in [0.717, 1.165) is 17.7 Å². The second-order valence-corrected chi connectivity index (χ2v) is 8.65. The molecule has 0 unspecified atom stereocenters. The van der Waals surface area contributed by atoms with Crippen molar-refractivity contribution in [3.05, 3.63) is 64.5 Å². The molecule has 1 aliphatic carbocycles. The monoisotopic (exact) mass is 406 g/mol. The number of hydrogen-bond donors (Lipinski definition) is 1. The molecule has 1 amide bonds. The average molecular weight is 407 g/mol. The maximum atomic E-state index is 12.2. The zero-order chi connectivity index (χ0) is 20.2. The number of nitrogens with zero attached hydrogens (tertiary/aromatic N) is 1. The van der Waals surface area contributed by atoms with Crippen LogP contribution >= 0.6 is 11.3 Å². The van der Waals surface area contributed by atoms with Crippen LogP contribution in [0.5, 0.6) is 5.75 Å². The van der Waals surface area contributed by atoms with Crippen LogP contribution in [0.1, 0.15) is 49.3 Å². The van der Waals surface area contributed by atoms with E-state index in [2.05, 4.69) is 42.3 Å². The van der Waals surface area contributed by atoms with Gasteiger partial charge < -0.3 is 4.74 Å². The van der Waals surface area contributed by atoms with Crippen molar-refractivity contribution in [1.29, 1.82) is 0 Å². The van der Waals surface area contributed by atoms with E-state index in [1.165, 1.54) is 47.3 Å². The van der Waals surface area contributed by atoms with E-state index in [-0.39, 0.29) is 12.5 Å². The molecule has 0 aliphatic heterocycles. The van der Waals surface area contributed by atoms with Crippen LogP contribution in [0.4, 0.5) is 5.13 Å². The topological polar surface area (TPSA) is 51.2 Å². The van der Waals surface area contributed by atoms with Crippen LogP contribution in [0.2, 0.25) is 0 Å². The molecule has 4 nitrogen and oxygen atoms in total. The molecular formula is C24H26N2O2S. The molecule has 1 aromatic heterocycles. The smallest absolute Gasteiger partial charge is 0.264 e. The average Bonchev–Trinajstić information content (AvgIpc) is 3.20. The normalized spacial score (nSPS) is 13.2. The summed E-state index contributed by atoms with van der Waals surface area (Å²) in [5, 5.41) is 5.43. The maximum absolute atomic E-state index is 12.2. The van der Waals surface area contributed by atoms with E-state index in [9.17, 15) is 4.79 Å². The van der Waals surface area contributed by atoms with Gasteiger partial charge in [0.2, 0.25) is 0 Å². The standard InChI is InChI=1S/C24H26N2O2S/c1-16(2)17-9-11-21(12-10-17)28-14-23(27)26-24-25-22(15-29-24)20-8-7-18-5-3-4-6-19(18)13-20/h7-13,15-16H,3-6,14H2,1-2H3,(H,25,26,27). The number of amides is 1. The highest BCUT2D eigenvalue weighted by Gasteiger charge is 2.13. The van der Waals surface area contributed by atoms with E-state index in [4.69, 9.17) is 4.74 Å². The van der Waals surface area contributed by atoms with Crippen LogP contribution in [0.3, 0.4) is 0 Å². The molecule has 5 heteroatoms. The van der Waals surface area contributed by atoms with Gasteiger partial charge in [0.25, 0.3) is 5.91 Å². The van der Waals surface area contributed by atoms with Crippen molar-refractivity contribution in [2.24, 2.45) is 0 Å². The first kappa shape index (κ1) is 19.6. The van der Waals surface area contributed by atoms with Gasteiger partial charge in [-0.1, -0.05) is 38.1 Å². The van der Waals surface area contributed by atoms with Crippen molar-refractivity contribution >= 4 is 22.4 Å². The van der Waals surface area contributed by atoms with Crippen molar-refractivity contribution in [2.75, 3.05) is 11.9 Å². The lowest BCUT2D eigenvalue weighted by atomic mass is 9.90. The van der Waals surface area contributed by atoms with Crippen molar-refractivity contribution in [1.82, 2.24) is 4.98 Å². The van der Waals surface area contributed by atoms with E-state index < -0.39 is 0 Å². The third-order valence-corrected chi connectivity index (χ3v) is 6.07. The third-order valence-electron chi connectivity index (χ3n) is 5.31. The van der Waals surface area contributed by atoms with Gasteiger partial charge in [-0.3, -0.25) is 10.1 Å². The molecule has 29 heavy (non-hydrogen) atoms. The van der Waals surface area contributed by atoms with Crippen LogP contribution in [-0.2, 0) is 17.6 Å². The van der Waals surface area contributed by atoms with E-state index in [1.54, 1.807) is 0 Å². The molecule has 0 fully saturated rings. The summed E-state index contributed by atoms with van der Waals surface area (Å²) in [4.78, 5) is 16.8. The fourth-order valence-corrected chi connectivity index (χ4v) is 4.35. The van der Waals surface area contributed by atoms with Crippen molar-refractivity contribution in [3.63, 3.8) is 0 Å². The van der Waals surface area contributed by atoms with Gasteiger partial charge in [-0.15, -0.1) is 11.3 Å². The number of carbonyl (C=O) groups excluding carboxylic acids is 1. The van der Waals surface area contributed by atoms with Gasteiger partial charge in [-0.2, -0.15) is 0 Å². The fourth-order valence-electron chi connectivity index (χ4n) is 3.61. The minimum absolute atomic E-state index is 0.0330. The molecule has 0 bridgehead atoms. The largest absolute Gasteiger partial charge is 0.484 e. The SMILES string of the molecule is CC(C)c1ccc(OCC(=O)Nc2nc(-c3ccc4c(c3)CCCC4)cs2)cc1. The molecular weight excluding hydrogens is 380 g/mol. The maximum Gasteiger partial charge on any atom is 0.264 e. The van der Waals surface area contributed by atoms with Crippen LogP contribution in [0.15, 0.2) is 47.8 Å². The number of rotatable bonds is 6. The molecule has 1 N–H and O–H groups in total. The fraction of sp³-hybridized carbons (Fsp3) is 0.333. The Labute approximate surface area is 176 Å². The number of aromatic nitrogens is 1. The number of ether oxygens (including phenoxy) is 1. The van der Waals surface area contributed by atoms with Gasteiger partial charge in [-0.05, 0) is 66.5 Å². The Morgan fingerprint density at radius 1 is 1.10 bits per heavy atom. The highest BCUT2D eigenvalue weighted by Crippen LogP contribution is 2.29. The lowest BCUT2D eigenvalue weighted by molar-refractivity contribution is -0.118. The molecule has 0 saturated carbocycles. The molecule has 4 rings (SSSR count). The van der Waals surface area contributed by atoms with Gasteiger partial charge in [0.05, 0.1) is 5.69 Å². The van der Waals surface area contributed by atoms with Gasteiger partial charge in [0.15, 0.2) is 11.7 Å². The molecule has 0 saturated heterocycles. The lowest BCUT2D eigenvalue weighted by Gasteiger charge is -2.16. The van der Waals surface area contributed by atoms with Gasteiger partial charge in [0.1, 0.15) is 5.75 Å². The minimum Gasteiger partial charge on any atom is -0.484 e. The van der Waals surface area contributed by atoms with Crippen LogP contribution < -0.4 is 10.1 Å². The Balaban J connectivity index is 1.34. The first-order chi connectivity index (χ1) is 14.1. The highest BCUT2D eigenvalue weighted by molar-refractivity contribution is 7.14. The Hall–Kier alpha value is -2.66. The predicted molar refractivity (Wildman–Crippen MR) is 119 cm³/mol. The molecule has 0 atom stereocenters. The summed E-state index contributed by atoms with van der Waals surface area (Å²) in [6.45, 7) is 4.26. The number of benzene rings is 2. The number of aryl methyl sites for hydroxylation is 2. The van der Waals surface area contributed by atoms with Crippen molar-refractivity contribution < 1.29 is 9.53 Å². The first-order valence-electron chi connectivity index (χ1n) is 10.2. The molecule has 1 aliphatic rings. The number of nitrogens with one attached hydrogen (secondary N) is 1. The van der Waals surface area contributed by atoms with E-state index in [1.807, 2.05) is 29.6 Å². The summed E-state index contributed by atoms with van der Waals surface area (Å²) in [6.07, 6.45) is 4.86. The Morgan fingerprint density at radius 3 is 2.62 bits per heavy atom. The van der Waals surface area contributed by atoms with Gasteiger partial charge in [0, 0.05) is 10.9 Å². The molecule has 0 spiro atoms.